The van der Waals surface area contributed by atoms with Crippen molar-refractivity contribution in [3.63, 3.8) is 0 Å². The number of ketones is 1. The van der Waals surface area contributed by atoms with Gasteiger partial charge in [0.15, 0.2) is 11.6 Å². The van der Waals surface area contributed by atoms with Crippen LogP contribution in [0.5, 0.6) is 0 Å². The summed E-state index contributed by atoms with van der Waals surface area (Å²) in [6.45, 7) is 6.32. The fraction of sp³-hybridized carbons (Fsp3) is 0.360. The highest BCUT2D eigenvalue weighted by Gasteiger charge is 2.34. The van der Waals surface area contributed by atoms with Crippen molar-refractivity contribution in [2.75, 3.05) is 42.5 Å². The van der Waals surface area contributed by atoms with Gasteiger partial charge in [-0.05, 0) is 43.3 Å². The minimum absolute atomic E-state index is 0.0509. The third kappa shape index (κ3) is 4.66. The summed E-state index contributed by atoms with van der Waals surface area (Å²) in [7, 11) is 0. The summed E-state index contributed by atoms with van der Waals surface area (Å²) in [5.41, 5.74) is 2.77. The van der Waals surface area contributed by atoms with Gasteiger partial charge >= 0.3 is 0 Å². The molecule has 3 aromatic rings. The maximum atomic E-state index is 12.5. The molecular formula is C25H27N5O3. The number of aromatic nitrogens is 2. The van der Waals surface area contributed by atoms with Crippen LogP contribution in [0, 0.1) is 0 Å². The standard InChI is InChI=1S/C25H27N5O3/c1-18(31)19-7-9-21(10-8-19)29-13-11-28(12-14-29)17-23-26-25(27-33-23)20-15-24(32)30(16-20)22-5-3-2-4-6-22/h2-10,20H,11-17H2,1H3/t20-/m1/s1. The zero-order valence-electron chi connectivity index (χ0n) is 18.7. The Bertz CT molecular complexity index is 1120. The Balaban J connectivity index is 1.15. The first kappa shape index (κ1) is 21.3. The number of piperazine rings is 1. The second-order valence-electron chi connectivity index (χ2n) is 8.65. The molecule has 0 bridgehead atoms. The van der Waals surface area contributed by atoms with Gasteiger partial charge < -0.3 is 14.3 Å². The summed E-state index contributed by atoms with van der Waals surface area (Å²) in [5, 5.41) is 4.18. The Labute approximate surface area is 192 Å². The number of hydrogen-bond donors (Lipinski definition) is 0. The minimum atomic E-state index is -0.0509. The van der Waals surface area contributed by atoms with Crippen LogP contribution in [0.15, 0.2) is 59.1 Å². The van der Waals surface area contributed by atoms with Crippen LogP contribution in [0.1, 0.15) is 41.3 Å². The fourth-order valence-corrected chi connectivity index (χ4v) is 4.50. The molecule has 2 aliphatic heterocycles. The average Bonchev–Trinajstić information content (AvgIpc) is 3.47. The Morgan fingerprint density at radius 1 is 1.00 bits per heavy atom. The lowest BCUT2D eigenvalue weighted by Crippen LogP contribution is -2.46. The van der Waals surface area contributed by atoms with E-state index in [1.807, 2.05) is 54.6 Å². The van der Waals surface area contributed by atoms with Crippen molar-refractivity contribution >= 4 is 23.1 Å². The molecule has 1 aromatic heterocycles. The van der Waals surface area contributed by atoms with Gasteiger partial charge in [0.05, 0.1) is 6.54 Å². The Hall–Kier alpha value is -3.52. The van der Waals surface area contributed by atoms with E-state index >= 15 is 0 Å². The summed E-state index contributed by atoms with van der Waals surface area (Å²) in [4.78, 5) is 35.0. The molecule has 0 radical (unpaired) electrons. The molecule has 3 heterocycles. The first-order valence-corrected chi connectivity index (χ1v) is 11.3. The fourth-order valence-electron chi connectivity index (χ4n) is 4.50. The van der Waals surface area contributed by atoms with Crippen molar-refractivity contribution in [2.24, 2.45) is 0 Å². The first-order valence-electron chi connectivity index (χ1n) is 11.3. The van der Waals surface area contributed by atoms with Gasteiger partial charge in [-0.2, -0.15) is 4.98 Å². The van der Waals surface area contributed by atoms with Crippen LogP contribution in [0.25, 0.3) is 0 Å². The summed E-state index contributed by atoms with van der Waals surface area (Å²) < 4.78 is 5.52. The van der Waals surface area contributed by atoms with Crippen LogP contribution in [-0.4, -0.2) is 59.5 Å². The van der Waals surface area contributed by atoms with Gasteiger partial charge in [-0.1, -0.05) is 23.4 Å². The lowest BCUT2D eigenvalue weighted by atomic mass is 10.1. The Morgan fingerprint density at radius 2 is 1.73 bits per heavy atom. The van der Waals surface area contributed by atoms with Crippen LogP contribution < -0.4 is 9.80 Å². The van der Waals surface area contributed by atoms with Gasteiger partial charge in [0.25, 0.3) is 0 Å². The SMILES string of the molecule is CC(=O)c1ccc(N2CCN(Cc3nc([C@@H]4CC(=O)N(c5ccccc5)C4)no3)CC2)cc1. The predicted octanol–water partition coefficient (Wildman–Crippen LogP) is 3.11. The second-order valence-corrected chi connectivity index (χ2v) is 8.65. The lowest BCUT2D eigenvalue weighted by Gasteiger charge is -2.35. The van der Waals surface area contributed by atoms with Gasteiger partial charge in [-0.25, -0.2) is 0 Å². The molecule has 2 saturated heterocycles. The van der Waals surface area contributed by atoms with Crippen molar-refractivity contribution in [1.82, 2.24) is 15.0 Å². The molecule has 2 aliphatic rings. The van der Waals surface area contributed by atoms with E-state index in [0.29, 0.717) is 31.2 Å². The molecular weight excluding hydrogens is 418 g/mol. The van der Waals surface area contributed by atoms with Crippen LogP contribution >= 0.6 is 0 Å². The summed E-state index contributed by atoms with van der Waals surface area (Å²) in [6, 6.07) is 17.5. The number of nitrogens with zero attached hydrogens (tertiary/aromatic N) is 5. The number of Topliss-reactive ketones (excluding diaryl/α,β-unsaturated/α-hetero) is 1. The number of anilines is 2. The molecule has 0 saturated carbocycles. The van der Waals surface area contributed by atoms with E-state index in [1.54, 1.807) is 11.8 Å². The second kappa shape index (κ2) is 9.15. The summed E-state index contributed by atoms with van der Waals surface area (Å²) in [6.07, 6.45) is 0.398. The van der Waals surface area contributed by atoms with Crippen LogP contribution in [0.3, 0.4) is 0 Å². The highest BCUT2D eigenvalue weighted by Crippen LogP contribution is 2.30. The van der Waals surface area contributed by atoms with Crippen molar-refractivity contribution in [3.8, 4) is 0 Å². The van der Waals surface area contributed by atoms with Gasteiger partial charge in [0.2, 0.25) is 11.8 Å². The minimum Gasteiger partial charge on any atom is -0.369 e. The third-order valence-electron chi connectivity index (χ3n) is 6.41. The maximum Gasteiger partial charge on any atom is 0.240 e. The number of amides is 1. The Kier molecular flexibility index (Phi) is 5.92. The molecule has 8 nitrogen and oxygen atoms in total. The average molecular weight is 446 g/mol. The van der Waals surface area contributed by atoms with Gasteiger partial charge in [-0.3, -0.25) is 14.5 Å². The molecule has 5 rings (SSSR count). The zero-order chi connectivity index (χ0) is 22.8. The number of para-hydroxylation sites is 1. The highest BCUT2D eigenvalue weighted by atomic mass is 16.5. The van der Waals surface area contributed by atoms with E-state index < -0.39 is 0 Å². The molecule has 170 valence electrons. The largest absolute Gasteiger partial charge is 0.369 e. The molecule has 8 heteroatoms. The molecule has 2 fully saturated rings. The van der Waals surface area contributed by atoms with Crippen molar-refractivity contribution < 1.29 is 14.1 Å². The number of hydrogen-bond acceptors (Lipinski definition) is 7. The molecule has 33 heavy (non-hydrogen) atoms. The van der Waals surface area contributed by atoms with Crippen molar-refractivity contribution in [3.05, 3.63) is 71.9 Å². The van der Waals surface area contributed by atoms with Crippen LogP contribution in [-0.2, 0) is 11.3 Å². The zero-order valence-corrected chi connectivity index (χ0v) is 18.7. The smallest absolute Gasteiger partial charge is 0.240 e. The number of carbonyl (C=O) groups is 2. The molecule has 1 amide bonds. The number of rotatable bonds is 6. The molecule has 0 aliphatic carbocycles. The van der Waals surface area contributed by atoms with E-state index in [0.717, 1.165) is 43.1 Å². The third-order valence-corrected chi connectivity index (χ3v) is 6.41. The monoisotopic (exact) mass is 445 g/mol. The Morgan fingerprint density at radius 3 is 2.42 bits per heavy atom. The predicted molar refractivity (Wildman–Crippen MR) is 124 cm³/mol. The van der Waals surface area contributed by atoms with Crippen LogP contribution in [0.2, 0.25) is 0 Å². The van der Waals surface area contributed by atoms with E-state index in [1.165, 1.54) is 0 Å². The van der Waals surface area contributed by atoms with Crippen LogP contribution in [0.4, 0.5) is 11.4 Å². The van der Waals surface area contributed by atoms with Gasteiger partial charge in [0, 0.05) is 62.0 Å². The summed E-state index contributed by atoms with van der Waals surface area (Å²) in [5.74, 6) is 1.32. The highest BCUT2D eigenvalue weighted by molar-refractivity contribution is 5.96. The number of carbonyl (C=O) groups excluding carboxylic acids is 2. The normalized spacial score (nSPS) is 19.3. The molecule has 1 atom stereocenters. The van der Waals surface area contributed by atoms with E-state index in [2.05, 4.69) is 19.9 Å². The quantitative estimate of drug-likeness (QED) is 0.539. The van der Waals surface area contributed by atoms with E-state index in [4.69, 9.17) is 4.52 Å². The first-order chi connectivity index (χ1) is 16.1. The lowest BCUT2D eigenvalue weighted by molar-refractivity contribution is -0.117. The maximum absolute atomic E-state index is 12.5. The topological polar surface area (TPSA) is 82.8 Å². The molecule has 2 aromatic carbocycles. The van der Waals surface area contributed by atoms with Crippen molar-refractivity contribution in [1.29, 1.82) is 0 Å². The van der Waals surface area contributed by atoms with Gasteiger partial charge in [0.1, 0.15) is 0 Å². The summed E-state index contributed by atoms with van der Waals surface area (Å²) >= 11 is 0. The molecule has 0 N–H and O–H groups in total. The number of benzene rings is 2. The molecule has 0 spiro atoms. The molecule has 0 unspecified atom stereocenters. The van der Waals surface area contributed by atoms with E-state index in [9.17, 15) is 9.59 Å². The van der Waals surface area contributed by atoms with Gasteiger partial charge in [-0.15, -0.1) is 0 Å². The van der Waals surface area contributed by atoms with E-state index in [-0.39, 0.29) is 17.6 Å². The van der Waals surface area contributed by atoms with Crippen molar-refractivity contribution in [2.45, 2.75) is 25.8 Å².